The Labute approximate surface area is 129 Å². The van der Waals surface area contributed by atoms with E-state index in [0.29, 0.717) is 0 Å². The number of fused-ring (bicyclic) bond motifs is 1. The average molecular weight is 284 g/mol. The largest absolute Gasteiger partial charge is 0.468 e. The van der Waals surface area contributed by atoms with Crippen molar-refractivity contribution in [1.29, 1.82) is 0 Å². The zero-order chi connectivity index (χ0) is 15.0. The monoisotopic (exact) mass is 284 g/mol. The van der Waals surface area contributed by atoms with E-state index < -0.39 is 0 Å². The van der Waals surface area contributed by atoms with Gasteiger partial charge < -0.3 is 4.42 Å². The molecule has 2 aliphatic carbocycles. The number of allylic oxidation sites excluding steroid dienone is 3. The summed E-state index contributed by atoms with van der Waals surface area (Å²) in [4.78, 5) is 0. The van der Waals surface area contributed by atoms with Crippen molar-refractivity contribution in [2.24, 2.45) is 5.92 Å². The summed E-state index contributed by atoms with van der Waals surface area (Å²) in [6, 6.07) is 0. The van der Waals surface area contributed by atoms with Gasteiger partial charge in [-0.2, -0.15) is 0 Å². The average Bonchev–Trinajstić information content (AvgIpc) is 2.81. The molecule has 2 bridgehead atoms. The van der Waals surface area contributed by atoms with Crippen molar-refractivity contribution >= 4 is 0 Å². The number of hydrogen-bond donors (Lipinski definition) is 0. The fraction of sp³-hybridized carbons (Fsp3) is 0.600. The molecule has 0 fully saturated rings. The van der Waals surface area contributed by atoms with Crippen LogP contribution < -0.4 is 0 Å². The summed E-state index contributed by atoms with van der Waals surface area (Å²) >= 11 is 0. The molecule has 0 N–H and O–H groups in total. The van der Waals surface area contributed by atoms with Crippen molar-refractivity contribution < 1.29 is 4.42 Å². The Hall–Kier alpha value is -1.24. The van der Waals surface area contributed by atoms with E-state index >= 15 is 0 Å². The van der Waals surface area contributed by atoms with E-state index in [1.165, 1.54) is 53.7 Å². The van der Waals surface area contributed by atoms with Gasteiger partial charge in [0.05, 0.1) is 6.26 Å². The van der Waals surface area contributed by atoms with E-state index in [-0.39, 0.29) is 5.41 Å². The summed E-state index contributed by atoms with van der Waals surface area (Å²) in [6.45, 7) is 11.4. The standard InChI is InChI=1S/C20H28O/c1-14-6-5-7-15(2)12-18-19-16(13-21-18)9-11-17(10-8-14)20(19,3)4/h7,13,17H,1,5-6,8-12H2,2-4H3/t17-/m1/s1. The molecule has 0 radical (unpaired) electrons. The highest BCUT2D eigenvalue weighted by molar-refractivity contribution is 5.40. The zero-order valence-electron chi connectivity index (χ0n) is 13.8. The Kier molecular flexibility index (Phi) is 3.86. The van der Waals surface area contributed by atoms with Crippen LogP contribution in [0, 0.1) is 5.92 Å². The predicted molar refractivity (Wildman–Crippen MR) is 88.6 cm³/mol. The SMILES string of the molecule is C=C1CCC=C(C)Cc2occ3c2C(C)(C)[C@H](CC1)CC3. The molecule has 1 heterocycles. The second kappa shape index (κ2) is 5.51. The van der Waals surface area contributed by atoms with Crippen LogP contribution in [-0.2, 0) is 18.3 Å². The van der Waals surface area contributed by atoms with Crippen LogP contribution in [0.1, 0.15) is 69.8 Å². The van der Waals surface area contributed by atoms with Gasteiger partial charge in [0.1, 0.15) is 5.76 Å². The molecule has 1 aromatic rings. The third kappa shape index (κ3) is 2.75. The molecule has 0 amide bonds. The molecule has 114 valence electrons. The van der Waals surface area contributed by atoms with Gasteiger partial charge in [0.2, 0.25) is 0 Å². The summed E-state index contributed by atoms with van der Waals surface area (Å²) < 4.78 is 5.98. The minimum Gasteiger partial charge on any atom is -0.468 e. The Balaban J connectivity index is 2.02. The van der Waals surface area contributed by atoms with Crippen LogP contribution in [0.5, 0.6) is 0 Å². The van der Waals surface area contributed by atoms with Gasteiger partial charge in [-0.15, -0.1) is 0 Å². The van der Waals surface area contributed by atoms with Gasteiger partial charge in [-0.3, -0.25) is 0 Å². The van der Waals surface area contributed by atoms with Gasteiger partial charge in [0.25, 0.3) is 0 Å². The second-order valence-corrected chi connectivity index (χ2v) is 7.57. The lowest BCUT2D eigenvalue weighted by Gasteiger charge is -2.39. The second-order valence-electron chi connectivity index (χ2n) is 7.57. The van der Waals surface area contributed by atoms with Crippen LogP contribution in [0.4, 0.5) is 0 Å². The number of aryl methyl sites for hydroxylation is 1. The lowest BCUT2D eigenvalue weighted by atomic mass is 9.64. The first-order chi connectivity index (χ1) is 9.98. The Morgan fingerprint density at radius 2 is 1.95 bits per heavy atom. The molecule has 0 unspecified atom stereocenters. The maximum absolute atomic E-state index is 5.98. The van der Waals surface area contributed by atoms with Gasteiger partial charge in [-0.25, -0.2) is 0 Å². The van der Waals surface area contributed by atoms with Crippen LogP contribution in [0.2, 0.25) is 0 Å². The molecule has 21 heavy (non-hydrogen) atoms. The summed E-state index contributed by atoms with van der Waals surface area (Å²) in [7, 11) is 0. The molecule has 1 nitrogen and oxygen atoms in total. The van der Waals surface area contributed by atoms with E-state index in [1.807, 2.05) is 6.26 Å². The highest BCUT2D eigenvalue weighted by atomic mass is 16.3. The molecular weight excluding hydrogens is 256 g/mol. The summed E-state index contributed by atoms with van der Waals surface area (Å²) in [5, 5.41) is 0. The Bertz CT molecular complexity index is 571. The molecular formula is C20H28O. The van der Waals surface area contributed by atoms with Gasteiger partial charge in [0, 0.05) is 12.0 Å². The highest BCUT2D eigenvalue weighted by Gasteiger charge is 2.39. The van der Waals surface area contributed by atoms with Gasteiger partial charge in [-0.05, 0) is 62.3 Å². The minimum atomic E-state index is 0.232. The number of hydrogen-bond acceptors (Lipinski definition) is 1. The van der Waals surface area contributed by atoms with Crippen molar-refractivity contribution in [3.63, 3.8) is 0 Å². The predicted octanol–water partition coefficient (Wildman–Crippen LogP) is 5.74. The zero-order valence-corrected chi connectivity index (χ0v) is 13.8. The van der Waals surface area contributed by atoms with Crippen LogP contribution in [-0.4, -0.2) is 0 Å². The first-order valence-electron chi connectivity index (χ1n) is 8.40. The summed E-state index contributed by atoms with van der Waals surface area (Å²) in [5.41, 5.74) is 6.05. The Morgan fingerprint density at radius 1 is 1.19 bits per heavy atom. The van der Waals surface area contributed by atoms with Crippen LogP contribution in [0.15, 0.2) is 34.5 Å². The van der Waals surface area contributed by atoms with E-state index in [4.69, 9.17) is 4.42 Å². The molecule has 1 heteroatoms. The fourth-order valence-corrected chi connectivity index (χ4v) is 4.28. The molecule has 0 aromatic carbocycles. The summed E-state index contributed by atoms with van der Waals surface area (Å²) in [5.74, 6) is 1.97. The quantitative estimate of drug-likeness (QED) is 0.554. The van der Waals surface area contributed by atoms with Crippen LogP contribution >= 0.6 is 0 Å². The first kappa shape index (κ1) is 14.7. The van der Waals surface area contributed by atoms with E-state index in [9.17, 15) is 0 Å². The maximum atomic E-state index is 5.98. The lowest BCUT2D eigenvalue weighted by Crippen LogP contribution is -2.34. The van der Waals surface area contributed by atoms with E-state index in [1.54, 1.807) is 0 Å². The van der Waals surface area contributed by atoms with E-state index in [0.717, 1.165) is 25.2 Å². The Morgan fingerprint density at radius 3 is 2.76 bits per heavy atom. The van der Waals surface area contributed by atoms with Crippen molar-refractivity contribution in [1.82, 2.24) is 0 Å². The van der Waals surface area contributed by atoms with Crippen molar-refractivity contribution in [2.75, 3.05) is 0 Å². The van der Waals surface area contributed by atoms with Crippen molar-refractivity contribution in [2.45, 2.75) is 71.1 Å². The molecule has 3 rings (SSSR count). The minimum absolute atomic E-state index is 0.232. The normalized spacial score (nSPS) is 25.8. The van der Waals surface area contributed by atoms with Gasteiger partial charge in [-0.1, -0.05) is 37.6 Å². The fourth-order valence-electron chi connectivity index (χ4n) is 4.28. The molecule has 0 saturated heterocycles. The van der Waals surface area contributed by atoms with Gasteiger partial charge >= 0.3 is 0 Å². The molecule has 0 saturated carbocycles. The third-order valence-corrected chi connectivity index (χ3v) is 5.65. The first-order valence-corrected chi connectivity index (χ1v) is 8.40. The molecule has 2 aliphatic rings. The number of rotatable bonds is 0. The smallest absolute Gasteiger partial charge is 0.111 e. The van der Waals surface area contributed by atoms with Crippen molar-refractivity contribution in [3.05, 3.63) is 47.0 Å². The maximum Gasteiger partial charge on any atom is 0.111 e. The highest BCUT2D eigenvalue weighted by Crippen LogP contribution is 2.46. The topological polar surface area (TPSA) is 13.1 Å². The third-order valence-electron chi connectivity index (χ3n) is 5.65. The van der Waals surface area contributed by atoms with Gasteiger partial charge in [0.15, 0.2) is 0 Å². The lowest BCUT2D eigenvalue weighted by molar-refractivity contribution is 0.259. The van der Waals surface area contributed by atoms with Crippen LogP contribution in [0.3, 0.4) is 0 Å². The van der Waals surface area contributed by atoms with E-state index in [2.05, 4.69) is 33.4 Å². The van der Waals surface area contributed by atoms with Crippen molar-refractivity contribution in [3.8, 4) is 0 Å². The molecule has 0 spiro atoms. The summed E-state index contributed by atoms with van der Waals surface area (Å²) in [6.07, 6.45) is 12.6. The number of furan rings is 1. The molecule has 1 atom stereocenters. The molecule has 0 aliphatic heterocycles. The van der Waals surface area contributed by atoms with Crippen LogP contribution in [0.25, 0.3) is 0 Å². The molecule has 1 aromatic heterocycles.